The predicted molar refractivity (Wildman–Crippen MR) is 107 cm³/mol. The third-order valence-corrected chi connectivity index (χ3v) is 5.68. The van der Waals surface area contributed by atoms with Crippen molar-refractivity contribution < 1.29 is 9.59 Å². The van der Waals surface area contributed by atoms with Gasteiger partial charge in [0.1, 0.15) is 0 Å². The molecule has 1 fully saturated rings. The molecule has 1 saturated carbocycles. The van der Waals surface area contributed by atoms with Crippen LogP contribution in [0.4, 0.5) is 0 Å². The van der Waals surface area contributed by atoms with Crippen LogP contribution >= 0.6 is 0 Å². The van der Waals surface area contributed by atoms with Crippen LogP contribution in [0.2, 0.25) is 0 Å². The maximum Gasteiger partial charge on any atom is 0.246 e. The molecule has 0 bridgehead atoms. The molecule has 2 unspecified atom stereocenters. The Labute approximate surface area is 162 Å². The fourth-order valence-corrected chi connectivity index (χ4v) is 4.07. The maximum atomic E-state index is 12.6. The summed E-state index contributed by atoms with van der Waals surface area (Å²) in [5.41, 5.74) is 8.13. The van der Waals surface area contributed by atoms with Crippen molar-refractivity contribution in [3.8, 4) is 0 Å². The van der Waals surface area contributed by atoms with Gasteiger partial charge in [0.05, 0.1) is 6.04 Å². The van der Waals surface area contributed by atoms with E-state index >= 15 is 0 Å². The van der Waals surface area contributed by atoms with Crippen molar-refractivity contribution in [2.75, 3.05) is 0 Å². The number of nitrogens with one attached hydrogen (secondary N) is 1. The number of fused-ring (bicyclic) bond motifs is 1. The van der Waals surface area contributed by atoms with Gasteiger partial charge in [-0.3, -0.25) is 9.59 Å². The maximum absolute atomic E-state index is 12.6. The highest BCUT2D eigenvalue weighted by molar-refractivity contribution is 5.88. The number of carbonyl (C=O) groups is 2. The summed E-state index contributed by atoms with van der Waals surface area (Å²) < 4.78 is 0. The van der Waals surface area contributed by atoms with Gasteiger partial charge >= 0.3 is 0 Å². The van der Waals surface area contributed by atoms with Crippen LogP contribution in [-0.2, 0) is 22.7 Å². The highest BCUT2D eigenvalue weighted by atomic mass is 16.2. The van der Waals surface area contributed by atoms with Gasteiger partial charge in [0, 0.05) is 25.2 Å². The van der Waals surface area contributed by atoms with Gasteiger partial charge in [-0.25, -0.2) is 0 Å². The molecule has 0 spiro atoms. The number of amides is 2. The van der Waals surface area contributed by atoms with E-state index in [9.17, 15) is 9.59 Å². The van der Waals surface area contributed by atoms with E-state index < -0.39 is 6.04 Å². The minimum atomic E-state index is -0.545. The number of carbonyl (C=O) groups excluding carboxylic acids is 2. The van der Waals surface area contributed by atoms with Crippen LogP contribution in [0, 0.1) is 5.92 Å². The Bertz CT molecular complexity index is 668. The van der Waals surface area contributed by atoms with E-state index in [1.807, 2.05) is 23.1 Å². The Hall–Kier alpha value is -2.14. The summed E-state index contributed by atoms with van der Waals surface area (Å²) in [4.78, 5) is 26.6. The molecule has 2 atom stereocenters. The van der Waals surface area contributed by atoms with Crippen molar-refractivity contribution in [3.05, 3.63) is 47.5 Å². The first-order valence-corrected chi connectivity index (χ1v) is 10.1. The number of hydrogen-bond donors (Lipinski definition) is 2. The van der Waals surface area contributed by atoms with E-state index in [0.717, 1.165) is 6.42 Å². The summed E-state index contributed by atoms with van der Waals surface area (Å²) >= 11 is 0. The smallest absolute Gasteiger partial charge is 0.246 e. The third kappa shape index (κ3) is 5.42. The van der Waals surface area contributed by atoms with Crippen molar-refractivity contribution in [1.82, 2.24) is 10.2 Å². The molecule has 2 aliphatic rings. The molecular formula is C22H31N3O2. The number of rotatable bonds is 6. The highest BCUT2D eigenvalue weighted by Crippen LogP contribution is 2.28. The number of hydrogen-bond acceptors (Lipinski definition) is 3. The fraction of sp³-hybridized carbons (Fsp3) is 0.545. The zero-order chi connectivity index (χ0) is 19.2. The van der Waals surface area contributed by atoms with Gasteiger partial charge in [-0.1, -0.05) is 62.4 Å². The fourth-order valence-electron chi connectivity index (χ4n) is 4.07. The second-order valence-corrected chi connectivity index (χ2v) is 7.97. The minimum Gasteiger partial charge on any atom is -0.349 e. The second kappa shape index (κ2) is 9.18. The monoisotopic (exact) mass is 369 g/mol. The van der Waals surface area contributed by atoms with Crippen molar-refractivity contribution >= 4 is 11.8 Å². The Balaban J connectivity index is 1.61. The summed E-state index contributed by atoms with van der Waals surface area (Å²) in [6, 6.07) is 7.47. The van der Waals surface area contributed by atoms with Crippen molar-refractivity contribution in [3.63, 3.8) is 0 Å². The van der Waals surface area contributed by atoms with Gasteiger partial charge in [0.2, 0.25) is 11.8 Å². The van der Waals surface area contributed by atoms with Crippen molar-refractivity contribution in [1.29, 1.82) is 0 Å². The lowest BCUT2D eigenvalue weighted by Gasteiger charge is -2.26. The van der Waals surface area contributed by atoms with Crippen LogP contribution in [0.3, 0.4) is 0 Å². The van der Waals surface area contributed by atoms with E-state index in [0.29, 0.717) is 19.0 Å². The molecule has 5 heteroatoms. The average Bonchev–Trinajstić information content (AvgIpc) is 3.11. The van der Waals surface area contributed by atoms with E-state index in [2.05, 4.69) is 17.4 Å². The topological polar surface area (TPSA) is 75.4 Å². The molecule has 1 aliphatic heterocycles. The highest BCUT2D eigenvalue weighted by Gasteiger charge is 2.23. The van der Waals surface area contributed by atoms with E-state index in [4.69, 9.17) is 5.73 Å². The molecule has 0 radical (unpaired) electrons. The van der Waals surface area contributed by atoms with Crippen LogP contribution in [0.15, 0.2) is 36.4 Å². The van der Waals surface area contributed by atoms with Crippen LogP contribution in [0.25, 0.3) is 0 Å². The van der Waals surface area contributed by atoms with Crippen LogP contribution < -0.4 is 11.1 Å². The van der Waals surface area contributed by atoms with Gasteiger partial charge in [-0.15, -0.1) is 0 Å². The average molecular weight is 370 g/mol. The molecular weight excluding hydrogens is 338 g/mol. The summed E-state index contributed by atoms with van der Waals surface area (Å²) in [7, 11) is 0. The lowest BCUT2D eigenvalue weighted by molar-refractivity contribution is -0.126. The normalized spacial score (nSPS) is 19.7. The summed E-state index contributed by atoms with van der Waals surface area (Å²) in [5.74, 6) is 0.435. The molecule has 1 aromatic carbocycles. The first-order chi connectivity index (χ1) is 13.0. The Morgan fingerprint density at radius 3 is 2.41 bits per heavy atom. The second-order valence-electron chi connectivity index (χ2n) is 7.97. The first kappa shape index (κ1) is 19.6. The van der Waals surface area contributed by atoms with Gasteiger partial charge < -0.3 is 16.0 Å². The molecule has 146 valence electrons. The lowest BCUT2D eigenvalue weighted by Crippen LogP contribution is -2.44. The quantitative estimate of drug-likeness (QED) is 0.757. The SMILES string of the molecule is CC(N)C(=O)NC(C=CC(=O)N1Cc2ccccc2C1)CC1CCCCC1. The predicted octanol–water partition coefficient (Wildman–Crippen LogP) is 2.89. The van der Waals surface area contributed by atoms with E-state index in [1.54, 1.807) is 13.0 Å². The van der Waals surface area contributed by atoms with Gasteiger partial charge in [-0.2, -0.15) is 0 Å². The number of nitrogens with two attached hydrogens (primary N) is 1. The molecule has 5 nitrogen and oxygen atoms in total. The zero-order valence-corrected chi connectivity index (χ0v) is 16.2. The Morgan fingerprint density at radius 2 is 1.81 bits per heavy atom. The Kier molecular flexibility index (Phi) is 6.67. The number of benzene rings is 1. The molecule has 0 saturated heterocycles. The summed E-state index contributed by atoms with van der Waals surface area (Å²) in [5, 5.41) is 3.01. The third-order valence-electron chi connectivity index (χ3n) is 5.68. The van der Waals surface area contributed by atoms with Crippen LogP contribution in [0.1, 0.15) is 56.6 Å². The molecule has 2 amide bonds. The molecule has 1 heterocycles. The zero-order valence-electron chi connectivity index (χ0n) is 16.2. The van der Waals surface area contributed by atoms with Gasteiger partial charge in [-0.05, 0) is 30.4 Å². The molecule has 3 N–H and O–H groups in total. The molecule has 1 aliphatic carbocycles. The largest absolute Gasteiger partial charge is 0.349 e. The Morgan fingerprint density at radius 1 is 1.19 bits per heavy atom. The summed E-state index contributed by atoms with van der Waals surface area (Å²) in [6.07, 6.45) is 10.6. The van der Waals surface area contributed by atoms with Crippen molar-refractivity contribution in [2.45, 2.75) is 70.6 Å². The molecule has 27 heavy (non-hydrogen) atoms. The summed E-state index contributed by atoms with van der Waals surface area (Å²) in [6.45, 7) is 2.99. The number of nitrogens with zero attached hydrogens (tertiary/aromatic N) is 1. The first-order valence-electron chi connectivity index (χ1n) is 10.1. The van der Waals surface area contributed by atoms with E-state index in [-0.39, 0.29) is 17.9 Å². The van der Waals surface area contributed by atoms with Gasteiger partial charge in [0.25, 0.3) is 0 Å². The lowest BCUT2D eigenvalue weighted by atomic mass is 9.84. The standard InChI is InChI=1S/C22H31N3O2/c1-16(23)22(27)24-20(13-17-7-3-2-4-8-17)11-12-21(26)25-14-18-9-5-6-10-19(18)15-25/h5-6,9-12,16-17,20H,2-4,7-8,13-15,23H2,1H3,(H,24,27). The minimum absolute atomic E-state index is 0.00473. The molecule has 1 aromatic rings. The molecule has 0 aromatic heterocycles. The van der Waals surface area contributed by atoms with Crippen LogP contribution in [-0.4, -0.2) is 28.8 Å². The van der Waals surface area contributed by atoms with Crippen molar-refractivity contribution in [2.24, 2.45) is 11.7 Å². The van der Waals surface area contributed by atoms with Gasteiger partial charge in [0.15, 0.2) is 0 Å². The van der Waals surface area contributed by atoms with E-state index in [1.165, 1.54) is 43.2 Å². The molecule has 3 rings (SSSR count). The van der Waals surface area contributed by atoms with Crippen LogP contribution in [0.5, 0.6) is 0 Å².